The summed E-state index contributed by atoms with van der Waals surface area (Å²) in [5, 5.41) is 0. The monoisotopic (exact) mass is 370 g/mol. The average Bonchev–Trinajstić information content (AvgIpc) is 2.66. The van der Waals surface area contributed by atoms with Gasteiger partial charge < -0.3 is 18.9 Å². The molecule has 0 saturated heterocycles. The third-order valence-electron chi connectivity index (χ3n) is 3.81. The predicted molar refractivity (Wildman–Crippen MR) is 110 cm³/mol. The summed E-state index contributed by atoms with van der Waals surface area (Å²) in [5.74, 6) is 3.09. The highest BCUT2D eigenvalue weighted by molar-refractivity contribution is 5.55. The van der Waals surface area contributed by atoms with Gasteiger partial charge in [-0.25, -0.2) is 0 Å². The predicted octanol–water partition coefficient (Wildman–Crippen LogP) is 5.75. The second-order valence-electron chi connectivity index (χ2n) is 6.43. The van der Waals surface area contributed by atoms with Gasteiger partial charge in [0.05, 0.1) is 26.4 Å². The van der Waals surface area contributed by atoms with Crippen molar-refractivity contribution in [1.29, 1.82) is 0 Å². The van der Waals surface area contributed by atoms with Crippen LogP contribution in [0, 0.1) is 0 Å². The number of para-hydroxylation sites is 2. The topological polar surface area (TPSA) is 36.9 Å². The molecule has 0 amide bonds. The van der Waals surface area contributed by atoms with E-state index in [1.54, 1.807) is 7.11 Å². The van der Waals surface area contributed by atoms with Crippen molar-refractivity contribution in [2.24, 2.45) is 0 Å². The first kappa shape index (κ1) is 20.7. The number of rotatable bonds is 11. The Morgan fingerprint density at radius 3 is 2.07 bits per heavy atom. The molecule has 0 aliphatic heterocycles. The Bertz CT molecular complexity index is 722. The number of hydrogen-bond donors (Lipinski definition) is 0. The van der Waals surface area contributed by atoms with Crippen molar-refractivity contribution < 1.29 is 18.9 Å². The molecule has 0 aliphatic rings. The van der Waals surface area contributed by atoms with Gasteiger partial charge in [-0.05, 0) is 63.4 Å². The summed E-state index contributed by atoms with van der Waals surface area (Å²) < 4.78 is 22.9. The summed E-state index contributed by atoms with van der Waals surface area (Å²) in [4.78, 5) is 0. The normalized spacial score (nSPS) is 11.0. The van der Waals surface area contributed by atoms with E-state index in [9.17, 15) is 0 Å². The van der Waals surface area contributed by atoms with Crippen LogP contribution in [0.25, 0.3) is 6.08 Å². The number of hydrogen-bond acceptors (Lipinski definition) is 4. The molecule has 0 fully saturated rings. The summed E-state index contributed by atoms with van der Waals surface area (Å²) in [6.07, 6.45) is 5.95. The molecule has 27 heavy (non-hydrogen) atoms. The Hall–Kier alpha value is -2.62. The summed E-state index contributed by atoms with van der Waals surface area (Å²) in [5.41, 5.74) is 1.09. The van der Waals surface area contributed by atoms with Crippen molar-refractivity contribution >= 4 is 6.08 Å². The molecule has 0 spiro atoms. The Morgan fingerprint density at radius 2 is 1.48 bits per heavy atom. The Labute approximate surface area is 162 Å². The van der Waals surface area contributed by atoms with E-state index in [0.717, 1.165) is 41.4 Å². The second-order valence-corrected chi connectivity index (χ2v) is 6.43. The van der Waals surface area contributed by atoms with Crippen LogP contribution in [0.15, 0.2) is 48.5 Å². The van der Waals surface area contributed by atoms with Gasteiger partial charge in [0.15, 0.2) is 23.0 Å². The van der Waals surface area contributed by atoms with E-state index in [1.165, 1.54) is 0 Å². The molecule has 0 saturated carbocycles. The molecule has 2 rings (SSSR count). The molecule has 0 aliphatic carbocycles. The van der Waals surface area contributed by atoms with Crippen molar-refractivity contribution in [3.63, 3.8) is 0 Å². The van der Waals surface area contributed by atoms with Gasteiger partial charge in [-0.15, -0.1) is 0 Å². The van der Waals surface area contributed by atoms with Gasteiger partial charge in [0.25, 0.3) is 0 Å². The first-order valence-electron chi connectivity index (χ1n) is 9.46. The number of unbranched alkanes of at least 4 members (excludes halogenated alkanes) is 1. The minimum Gasteiger partial charge on any atom is -0.493 e. The van der Waals surface area contributed by atoms with Crippen molar-refractivity contribution in [3.05, 3.63) is 54.1 Å². The lowest BCUT2D eigenvalue weighted by Crippen LogP contribution is -2.08. The number of allylic oxidation sites excluding steroid dienone is 1. The molecule has 4 heteroatoms. The van der Waals surface area contributed by atoms with Crippen molar-refractivity contribution in [2.75, 3.05) is 20.3 Å². The van der Waals surface area contributed by atoms with Crippen LogP contribution in [0.3, 0.4) is 0 Å². The van der Waals surface area contributed by atoms with Gasteiger partial charge in [-0.1, -0.05) is 30.4 Å². The third-order valence-corrected chi connectivity index (χ3v) is 3.81. The maximum atomic E-state index is 5.86. The molecule has 0 heterocycles. The fourth-order valence-corrected chi connectivity index (χ4v) is 2.59. The Kier molecular flexibility index (Phi) is 8.56. The molecule has 0 atom stereocenters. The zero-order valence-electron chi connectivity index (χ0n) is 16.7. The van der Waals surface area contributed by atoms with Gasteiger partial charge >= 0.3 is 0 Å². The van der Waals surface area contributed by atoms with Crippen molar-refractivity contribution in [3.8, 4) is 23.0 Å². The maximum absolute atomic E-state index is 5.86. The fraction of sp³-hybridized carbons (Fsp3) is 0.391. The van der Waals surface area contributed by atoms with E-state index in [0.29, 0.717) is 13.2 Å². The van der Waals surface area contributed by atoms with Crippen LogP contribution < -0.4 is 18.9 Å². The van der Waals surface area contributed by atoms with Crippen LogP contribution in [-0.2, 0) is 0 Å². The molecular weight excluding hydrogens is 340 g/mol. The Morgan fingerprint density at radius 1 is 0.852 bits per heavy atom. The third kappa shape index (κ3) is 6.89. The lowest BCUT2D eigenvalue weighted by molar-refractivity contribution is 0.216. The standard InChI is InChI=1S/C23H30O4/c1-5-10-19-13-14-21(23(17-19)24-4)26-16-9-8-15-25-20-11-6-7-12-22(20)27-18(2)3/h5-7,10-14,17-18H,8-9,15-16H2,1-4H3/b10-5+. The highest BCUT2D eigenvalue weighted by Crippen LogP contribution is 2.29. The van der Waals surface area contributed by atoms with Crippen LogP contribution in [-0.4, -0.2) is 26.4 Å². The van der Waals surface area contributed by atoms with Crippen LogP contribution >= 0.6 is 0 Å². The number of methoxy groups -OCH3 is 1. The smallest absolute Gasteiger partial charge is 0.161 e. The molecule has 0 radical (unpaired) electrons. The van der Waals surface area contributed by atoms with Crippen LogP contribution in [0.5, 0.6) is 23.0 Å². The van der Waals surface area contributed by atoms with Gasteiger partial charge in [-0.3, -0.25) is 0 Å². The second kappa shape index (κ2) is 11.2. The van der Waals surface area contributed by atoms with E-state index in [2.05, 4.69) is 0 Å². The molecule has 0 bridgehead atoms. The average molecular weight is 370 g/mol. The van der Waals surface area contributed by atoms with Gasteiger partial charge in [0.2, 0.25) is 0 Å². The zero-order chi connectivity index (χ0) is 19.5. The van der Waals surface area contributed by atoms with Gasteiger partial charge in [0, 0.05) is 0 Å². The van der Waals surface area contributed by atoms with E-state index in [4.69, 9.17) is 18.9 Å². The number of benzene rings is 2. The largest absolute Gasteiger partial charge is 0.493 e. The summed E-state index contributed by atoms with van der Waals surface area (Å²) >= 11 is 0. The van der Waals surface area contributed by atoms with E-state index < -0.39 is 0 Å². The molecule has 2 aromatic rings. The molecule has 4 nitrogen and oxygen atoms in total. The Balaban J connectivity index is 1.75. The molecule has 146 valence electrons. The molecule has 0 N–H and O–H groups in total. The quantitative estimate of drug-likeness (QED) is 0.472. The summed E-state index contributed by atoms with van der Waals surface area (Å²) in [6.45, 7) is 7.25. The van der Waals surface area contributed by atoms with Gasteiger partial charge in [-0.2, -0.15) is 0 Å². The highest BCUT2D eigenvalue weighted by atomic mass is 16.5. The van der Waals surface area contributed by atoms with E-state index in [1.807, 2.05) is 75.4 Å². The van der Waals surface area contributed by atoms with Gasteiger partial charge in [0.1, 0.15) is 0 Å². The lowest BCUT2D eigenvalue weighted by atomic mass is 10.2. The molecule has 0 aromatic heterocycles. The summed E-state index contributed by atoms with van der Waals surface area (Å²) in [6, 6.07) is 13.7. The maximum Gasteiger partial charge on any atom is 0.161 e. The van der Waals surface area contributed by atoms with Crippen molar-refractivity contribution in [2.45, 2.75) is 39.7 Å². The van der Waals surface area contributed by atoms with Crippen LogP contribution in [0.2, 0.25) is 0 Å². The van der Waals surface area contributed by atoms with E-state index >= 15 is 0 Å². The molecule has 0 unspecified atom stereocenters. The SMILES string of the molecule is C/C=C/c1ccc(OCCCCOc2ccccc2OC(C)C)c(OC)c1. The molecule has 2 aromatic carbocycles. The number of ether oxygens (including phenoxy) is 4. The molecular formula is C23H30O4. The van der Waals surface area contributed by atoms with Crippen LogP contribution in [0.1, 0.15) is 39.2 Å². The minimum atomic E-state index is 0.123. The zero-order valence-corrected chi connectivity index (χ0v) is 16.7. The summed E-state index contributed by atoms with van der Waals surface area (Å²) in [7, 11) is 1.66. The van der Waals surface area contributed by atoms with Crippen molar-refractivity contribution in [1.82, 2.24) is 0 Å². The first-order valence-corrected chi connectivity index (χ1v) is 9.46. The first-order chi connectivity index (χ1) is 13.1. The lowest BCUT2D eigenvalue weighted by Gasteiger charge is -2.15. The van der Waals surface area contributed by atoms with E-state index in [-0.39, 0.29) is 6.10 Å². The minimum absolute atomic E-state index is 0.123. The highest BCUT2D eigenvalue weighted by Gasteiger charge is 2.07. The van der Waals surface area contributed by atoms with Crippen LogP contribution in [0.4, 0.5) is 0 Å². The fourth-order valence-electron chi connectivity index (χ4n) is 2.59.